The van der Waals surface area contributed by atoms with Gasteiger partial charge in [-0.15, -0.1) is 0 Å². The van der Waals surface area contributed by atoms with Crippen molar-refractivity contribution in [2.24, 2.45) is 0 Å². The van der Waals surface area contributed by atoms with Gasteiger partial charge in [0.1, 0.15) is 18.5 Å². The average Bonchev–Trinajstić information content (AvgIpc) is 2.44. The maximum Gasteiger partial charge on any atom is 0.142 e. The molecule has 0 radical (unpaired) electrons. The van der Waals surface area contributed by atoms with Gasteiger partial charge in [-0.1, -0.05) is 12.1 Å². The highest BCUT2D eigenvalue weighted by Gasteiger charge is 2.12. The van der Waals surface area contributed by atoms with E-state index in [1.165, 1.54) is 0 Å². The van der Waals surface area contributed by atoms with E-state index in [2.05, 4.69) is 0 Å². The summed E-state index contributed by atoms with van der Waals surface area (Å²) in [7, 11) is 1.62. The lowest BCUT2D eigenvalue weighted by atomic mass is 10.3. The van der Waals surface area contributed by atoms with Crippen LogP contribution in [-0.2, 0) is 4.74 Å². The summed E-state index contributed by atoms with van der Waals surface area (Å²) in [4.78, 5) is 1.92. The zero-order valence-corrected chi connectivity index (χ0v) is 11.9. The Kier molecular flexibility index (Phi) is 7.98. The smallest absolute Gasteiger partial charge is 0.142 e. The van der Waals surface area contributed by atoms with Crippen molar-refractivity contribution in [1.82, 2.24) is 4.90 Å². The minimum absolute atomic E-state index is 0.0446. The van der Waals surface area contributed by atoms with E-state index in [0.717, 1.165) is 0 Å². The Hall–Kier alpha value is -1.34. The Labute approximate surface area is 119 Å². The van der Waals surface area contributed by atoms with Gasteiger partial charge in [0.2, 0.25) is 0 Å². The van der Waals surface area contributed by atoms with Crippen LogP contribution in [-0.4, -0.2) is 67.8 Å². The standard InChI is InChI=1S/C14H24N2O4/c1-19-9-7-16(6-8-17)10-12(18)11-20-14-5-3-2-4-13(14)15/h2-5,12,17-18H,6-11,15H2,1H3. The summed E-state index contributed by atoms with van der Waals surface area (Å²) >= 11 is 0. The van der Waals surface area contributed by atoms with E-state index >= 15 is 0 Å². The monoisotopic (exact) mass is 284 g/mol. The van der Waals surface area contributed by atoms with Gasteiger partial charge in [-0.05, 0) is 12.1 Å². The molecular weight excluding hydrogens is 260 g/mol. The third kappa shape index (κ3) is 6.21. The van der Waals surface area contributed by atoms with Crippen LogP contribution in [0.4, 0.5) is 5.69 Å². The largest absolute Gasteiger partial charge is 0.489 e. The summed E-state index contributed by atoms with van der Waals surface area (Å²) in [5.74, 6) is 0.567. The third-order valence-electron chi connectivity index (χ3n) is 2.85. The zero-order chi connectivity index (χ0) is 14.8. The van der Waals surface area contributed by atoms with Gasteiger partial charge in [-0.25, -0.2) is 0 Å². The van der Waals surface area contributed by atoms with Crippen molar-refractivity contribution in [1.29, 1.82) is 0 Å². The second-order valence-electron chi connectivity index (χ2n) is 4.52. The number of methoxy groups -OCH3 is 1. The van der Waals surface area contributed by atoms with E-state index in [-0.39, 0.29) is 13.2 Å². The number of hydrogen-bond acceptors (Lipinski definition) is 6. The lowest BCUT2D eigenvalue weighted by molar-refractivity contribution is 0.0507. The first-order valence-electron chi connectivity index (χ1n) is 6.65. The van der Waals surface area contributed by atoms with Crippen molar-refractivity contribution in [3.05, 3.63) is 24.3 Å². The second-order valence-corrected chi connectivity index (χ2v) is 4.52. The third-order valence-corrected chi connectivity index (χ3v) is 2.85. The van der Waals surface area contributed by atoms with E-state index in [0.29, 0.717) is 37.7 Å². The molecule has 0 amide bonds. The van der Waals surface area contributed by atoms with Gasteiger partial charge in [0.05, 0.1) is 18.9 Å². The minimum atomic E-state index is -0.655. The quantitative estimate of drug-likeness (QED) is 0.522. The molecule has 1 rings (SSSR count). The Morgan fingerprint density at radius 2 is 2.05 bits per heavy atom. The minimum Gasteiger partial charge on any atom is -0.489 e. The van der Waals surface area contributed by atoms with Gasteiger partial charge in [0, 0.05) is 26.7 Å². The summed E-state index contributed by atoms with van der Waals surface area (Å²) in [5, 5.41) is 18.9. The number of anilines is 1. The van der Waals surface area contributed by atoms with Crippen LogP contribution in [0.2, 0.25) is 0 Å². The maximum absolute atomic E-state index is 9.97. The number of para-hydroxylation sites is 2. The number of aliphatic hydroxyl groups is 2. The molecule has 0 aliphatic rings. The Bertz CT molecular complexity index is 376. The van der Waals surface area contributed by atoms with Crippen molar-refractivity contribution in [3.63, 3.8) is 0 Å². The van der Waals surface area contributed by atoms with Crippen LogP contribution in [0.3, 0.4) is 0 Å². The number of aliphatic hydroxyl groups excluding tert-OH is 2. The number of rotatable bonds is 10. The molecule has 0 saturated heterocycles. The molecule has 1 aromatic carbocycles. The van der Waals surface area contributed by atoms with Gasteiger partial charge >= 0.3 is 0 Å². The molecule has 114 valence electrons. The van der Waals surface area contributed by atoms with Crippen molar-refractivity contribution >= 4 is 5.69 Å². The number of benzene rings is 1. The molecule has 1 aromatic rings. The van der Waals surface area contributed by atoms with Crippen molar-refractivity contribution in [2.45, 2.75) is 6.10 Å². The summed E-state index contributed by atoms with van der Waals surface area (Å²) in [6.45, 7) is 2.32. The summed E-state index contributed by atoms with van der Waals surface area (Å²) in [6, 6.07) is 7.16. The van der Waals surface area contributed by atoms with E-state index in [1.54, 1.807) is 19.2 Å². The van der Waals surface area contributed by atoms with Crippen LogP contribution in [0.5, 0.6) is 5.75 Å². The van der Waals surface area contributed by atoms with Crippen LogP contribution in [0.1, 0.15) is 0 Å². The van der Waals surface area contributed by atoms with Crippen LogP contribution in [0.15, 0.2) is 24.3 Å². The molecule has 0 aliphatic heterocycles. The van der Waals surface area contributed by atoms with Gasteiger partial charge < -0.3 is 25.4 Å². The molecule has 0 spiro atoms. The predicted octanol–water partition coefficient (Wildman–Crippen LogP) is -0.0508. The van der Waals surface area contributed by atoms with E-state index in [4.69, 9.17) is 20.3 Å². The topological polar surface area (TPSA) is 88.2 Å². The van der Waals surface area contributed by atoms with Crippen LogP contribution in [0.25, 0.3) is 0 Å². The van der Waals surface area contributed by atoms with Crippen LogP contribution >= 0.6 is 0 Å². The first-order valence-corrected chi connectivity index (χ1v) is 6.65. The fourth-order valence-corrected chi connectivity index (χ4v) is 1.80. The van der Waals surface area contributed by atoms with Gasteiger partial charge in [-0.3, -0.25) is 4.90 Å². The Balaban J connectivity index is 2.37. The van der Waals surface area contributed by atoms with E-state index in [9.17, 15) is 5.11 Å². The molecule has 1 unspecified atom stereocenters. The molecule has 0 saturated carbocycles. The molecule has 0 bridgehead atoms. The lowest BCUT2D eigenvalue weighted by Crippen LogP contribution is -2.39. The first-order chi connectivity index (χ1) is 9.67. The van der Waals surface area contributed by atoms with Gasteiger partial charge in [0.15, 0.2) is 0 Å². The molecule has 0 heterocycles. The summed E-state index contributed by atoms with van der Waals surface area (Å²) < 4.78 is 10.5. The van der Waals surface area contributed by atoms with Crippen LogP contribution in [0, 0.1) is 0 Å². The average molecular weight is 284 g/mol. The lowest BCUT2D eigenvalue weighted by Gasteiger charge is -2.24. The molecule has 6 nitrogen and oxygen atoms in total. The molecule has 4 N–H and O–H groups in total. The van der Waals surface area contributed by atoms with Crippen molar-refractivity contribution in [2.75, 3.05) is 52.3 Å². The van der Waals surface area contributed by atoms with Crippen LogP contribution < -0.4 is 10.5 Å². The first kappa shape index (κ1) is 16.7. The Morgan fingerprint density at radius 1 is 1.30 bits per heavy atom. The molecule has 0 fully saturated rings. The Morgan fingerprint density at radius 3 is 2.70 bits per heavy atom. The second kappa shape index (κ2) is 9.55. The van der Waals surface area contributed by atoms with E-state index in [1.807, 2.05) is 17.0 Å². The van der Waals surface area contributed by atoms with Crippen molar-refractivity contribution in [3.8, 4) is 5.75 Å². The highest BCUT2D eigenvalue weighted by Crippen LogP contribution is 2.19. The number of hydrogen-bond donors (Lipinski definition) is 3. The predicted molar refractivity (Wildman–Crippen MR) is 77.8 cm³/mol. The summed E-state index contributed by atoms with van der Waals surface area (Å²) in [6.07, 6.45) is -0.655. The van der Waals surface area contributed by atoms with Crippen molar-refractivity contribution < 1.29 is 19.7 Å². The highest BCUT2D eigenvalue weighted by molar-refractivity contribution is 5.51. The molecule has 0 aromatic heterocycles. The van der Waals surface area contributed by atoms with E-state index < -0.39 is 6.10 Å². The fraction of sp³-hybridized carbons (Fsp3) is 0.571. The number of nitrogens with zero attached hydrogens (tertiary/aromatic N) is 1. The molecule has 1 atom stereocenters. The molecule has 6 heteroatoms. The number of ether oxygens (including phenoxy) is 2. The van der Waals surface area contributed by atoms with Gasteiger partial charge in [0.25, 0.3) is 0 Å². The maximum atomic E-state index is 9.97. The highest BCUT2D eigenvalue weighted by atomic mass is 16.5. The fourth-order valence-electron chi connectivity index (χ4n) is 1.80. The molecular formula is C14H24N2O4. The molecule has 20 heavy (non-hydrogen) atoms. The number of nitrogens with two attached hydrogens (primary N) is 1. The SMILES string of the molecule is COCCN(CCO)CC(O)COc1ccccc1N. The van der Waals surface area contributed by atoms with Gasteiger partial charge in [-0.2, -0.15) is 0 Å². The molecule has 0 aliphatic carbocycles. The normalized spacial score (nSPS) is 12.6. The summed E-state index contributed by atoms with van der Waals surface area (Å²) in [5.41, 5.74) is 6.30. The number of nitrogen functional groups attached to an aromatic ring is 1. The zero-order valence-electron chi connectivity index (χ0n) is 11.9.